The molecular weight excluding hydrogens is 342 g/mol. The highest BCUT2D eigenvalue weighted by Gasteiger charge is 2.36. The maximum atomic E-state index is 12.9. The van der Waals surface area contributed by atoms with Crippen molar-refractivity contribution in [3.63, 3.8) is 0 Å². The summed E-state index contributed by atoms with van der Waals surface area (Å²) in [6.07, 6.45) is -0.752. The van der Waals surface area contributed by atoms with Gasteiger partial charge in [0.15, 0.2) is 5.78 Å². The number of methoxy groups -OCH3 is 1. The molecule has 2 unspecified atom stereocenters. The Labute approximate surface area is 151 Å². The molecular formula is C19H18ClNO4. The lowest BCUT2D eigenvalue weighted by molar-refractivity contribution is -0.127. The van der Waals surface area contributed by atoms with E-state index in [2.05, 4.69) is 0 Å². The van der Waals surface area contributed by atoms with Gasteiger partial charge in [-0.25, -0.2) is 0 Å². The van der Waals surface area contributed by atoms with Gasteiger partial charge in [-0.1, -0.05) is 30.3 Å². The fraction of sp³-hybridized carbons (Fsp3) is 0.263. The number of carbonyl (C=O) groups excluding carboxylic acids is 2. The highest BCUT2D eigenvalue weighted by molar-refractivity contribution is 6.33. The summed E-state index contributed by atoms with van der Waals surface area (Å²) in [5, 5.41) is -0.647. The second-order valence-corrected chi connectivity index (χ2v) is 6.41. The fourth-order valence-corrected chi connectivity index (χ4v) is 2.88. The monoisotopic (exact) mass is 359 g/mol. The van der Waals surface area contributed by atoms with Crippen molar-refractivity contribution in [2.24, 2.45) is 0 Å². The Balaban J connectivity index is 2.03. The lowest BCUT2D eigenvalue weighted by Crippen LogP contribution is -2.42. The Morgan fingerprint density at radius 3 is 2.64 bits per heavy atom. The predicted molar refractivity (Wildman–Crippen MR) is 95.3 cm³/mol. The summed E-state index contributed by atoms with van der Waals surface area (Å²) in [4.78, 5) is 26.5. The van der Waals surface area contributed by atoms with E-state index in [0.29, 0.717) is 17.0 Å². The normalized spacial score (nSPS) is 17.6. The molecule has 0 spiro atoms. The number of fused-ring (bicyclic) bond motifs is 1. The van der Waals surface area contributed by atoms with Gasteiger partial charge in [-0.15, -0.1) is 11.6 Å². The van der Waals surface area contributed by atoms with Crippen molar-refractivity contribution in [1.29, 1.82) is 0 Å². The van der Waals surface area contributed by atoms with Crippen molar-refractivity contribution >= 4 is 29.0 Å². The average Bonchev–Trinajstić information content (AvgIpc) is 2.63. The molecule has 1 aliphatic heterocycles. The average molecular weight is 360 g/mol. The molecule has 2 aromatic carbocycles. The van der Waals surface area contributed by atoms with E-state index in [1.54, 1.807) is 25.1 Å². The molecule has 1 amide bonds. The van der Waals surface area contributed by atoms with Crippen LogP contribution >= 0.6 is 11.6 Å². The van der Waals surface area contributed by atoms with Gasteiger partial charge < -0.3 is 9.47 Å². The number of rotatable bonds is 5. The molecule has 0 radical (unpaired) electrons. The van der Waals surface area contributed by atoms with Crippen LogP contribution in [0.2, 0.25) is 0 Å². The molecule has 25 heavy (non-hydrogen) atoms. The molecule has 0 aliphatic carbocycles. The maximum Gasteiger partial charge on any atom is 0.274 e. The fourth-order valence-electron chi connectivity index (χ4n) is 2.75. The first-order chi connectivity index (χ1) is 12.0. The van der Waals surface area contributed by atoms with Crippen LogP contribution in [0.15, 0.2) is 48.5 Å². The molecule has 130 valence electrons. The van der Waals surface area contributed by atoms with E-state index in [9.17, 15) is 9.59 Å². The molecule has 2 atom stereocenters. The van der Waals surface area contributed by atoms with Crippen LogP contribution in [-0.2, 0) is 9.53 Å². The smallest absolute Gasteiger partial charge is 0.274 e. The third-order valence-electron chi connectivity index (χ3n) is 3.99. The molecule has 0 saturated heterocycles. The SMILES string of the molecule is COCN1C(=O)C(c2ccccc2)Oc2ccc(C(=O)C(C)Cl)cc21. The van der Waals surface area contributed by atoms with E-state index < -0.39 is 11.5 Å². The standard InChI is InChI=1S/C19H18ClNO4/c1-12(20)17(22)14-8-9-16-15(10-14)21(11-24-2)19(23)18(25-16)13-6-4-3-5-7-13/h3-10,12,18H,11H2,1-2H3. The van der Waals surface area contributed by atoms with Gasteiger partial charge in [-0.05, 0) is 25.1 Å². The van der Waals surface area contributed by atoms with Crippen LogP contribution in [0.4, 0.5) is 5.69 Å². The van der Waals surface area contributed by atoms with E-state index in [0.717, 1.165) is 5.56 Å². The Hall–Kier alpha value is -2.37. The molecule has 0 N–H and O–H groups in total. The zero-order valence-corrected chi connectivity index (χ0v) is 14.7. The third-order valence-corrected chi connectivity index (χ3v) is 4.19. The number of amides is 1. The topological polar surface area (TPSA) is 55.8 Å². The minimum Gasteiger partial charge on any atom is -0.474 e. The van der Waals surface area contributed by atoms with Gasteiger partial charge in [-0.3, -0.25) is 14.5 Å². The number of anilines is 1. The van der Waals surface area contributed by atoms with Crippen molar-refractivity contribution < 1.29 is 19.1 Å². The van der Waals surface area contributed by atoms with Gasteiger partial charge >= 0.3 is 0 Å². The summed E-state index contributed by atoms with van der Waals surface area (Å²) < 4.78 is 11.1. The van der Waals surface area contributed by atoms with Crippen molar-refractivity contribution in [1.82, 2.24) is 0 Å². The number of benzene rings is 2. The Kier molecular flexibility index (Phi) is 5.06. The zero-order chi connectivity index (χ0) is 18.0. The van der Waals surface area contributed by atoms with E-state index in [4.69, 9.17) is 21.1 Å². The van der Waals surface area contributed by atoms with Crippen LogP contribution in [0, 0.1) is 0 Å². The summed E-state index contributed by atoms with van der Waals surface area (Å²) in [5.41, 5.74) is 1.69. The largest absolute Gasteiger partial charge is 0.474 e. The number of alkyl halides is 1. The van der Waals surface area contributed by atoms with E-state index in [1.807, 2.05) is 30.3 Å². The van der Waals surface area contributed by atoms with Gasteiger partial charge in [0.2, 0.25) is 6.10 Å². The predicted octanol–water partition coefficient (Wildman–Crippen LogP) is 3.57. The highest BCUT2D eigenvalue weighted by Crippen LogP contribution is 2.39. The quantitative estimate of drug-likeness (QED) is 0.605. The lowest BCUT2D eigenvalue weighted by atomic mass is 10.0. The molecule has 1 heterocycles. The number of nitrogens with zero attached hydrogens (tertiary/aromatic N) is 1. The molecule has 2 aromatic rings. The first kappa shape index (κ1) is 17.5. The summed E-state index contributed by atoms with van der Waals surface area (Å²) in [6, 6.07) is 14.2. The Morgan fingerprint density at radius 2 is 2.00 bits per heavy atom. The van der Waals surface area contributed by atoms with Crippen LogP contribution in [0.25, 0.3) is 0 Å². The minimum absolute atomic E-state index is 0.0621. The van der Waals surface area contributed by atoms with Gasteiger partial charge in [0.05, 0.1) is 11.1 Å². The van der Waals surface area contributed by atoms with Crippen molar-refractivity contribution in [2.45, 2.75) is 18.4 Å². The van der Waals surface area contributed by atoms with Gasteiger partial charge in [-0.2, -0.15) is 0 Å². The van der Waals surface area contributed by atoms with Crippen molar-refractivity contribution in [3.8, 4) is 5.75 Å². The molecule has 3 rings (SSSR count). The third kappa shape index (κ3) is 3.38. The minimum atomic E-state index is -0.752. The highest BCUT2D eigenvalue weighted by atomic mass is 35.5. The van der Waals surface area contributed by atoms with E-state index >= 15 is 0 Å². The molecule has 0 aromatic heterocycles. The van der Waals surface area contributed by atoms with Gasteiger partial charge in [0, 0.05) is 18.2 Å². The Bertz CT molecular complexity index is 791. The summed E-state index contributed by atoms with van der Waals surface area (Å²) in [6.45, 7) is 1.68. The number of hydrogen-bond acceptors (Lipinski definition) is 4. The van der Waals surface area contributed by atoms with Crippen LogP contribution in [0.5, 0.6) is 5.75 Å². The van der Waals surface area contributed by atoms with Crippen LogP contribution < -0.4 is 9.64 Å². The first-order valence-electron chi connectivity index (χ1n) is 7.87. The Morgan fingerprint density at radius 1 is 1.28 bits per heavy atom. The second kappa shape index (κ2) is 7.25. The van der Waals surface area contributed by atoms with Gasteiger partial charge in [0.1, 0.15) is 12.5 Å². The number of Topliss-reactive ketones (excluding diaryl/α,β-unsaturated/α-hetero) is 1. The molecule has 0 saturated carbocycles. The maximum absolute atomic E-state index is 12.9. The molecule has 5 nitrogen and oxygen atoms in total. The summed E-state index contributed by atoms with van der Waals surface area (Å²) in [5.74, 6) is 0.0628. The number of carbonyl (C=O) groups is 2. The number of ketones is 1. The zero-order valence-electron chi connectivity index (χ0n) is 13.9. The molecule has 0 bridgehead atoms. The van der Waals surface area contributed by atoms with Crippen molar-refractivity contribution in [2.75, 3.05) is 18.7 Å². The van der Waals surface area contributed by atoms with Crippen LogP contribution in [0.1, 0.15) is 28.9 Å². The number of halogens is 1. The van der Waals surface area contributed by atoms with Crippen molar-refractivity contribution in [3.05, 3.63) is 59.7 Å². The molecule has 1 aliphatic rings. The van der Waals surface area contributed by atoms with Gasteiger partial charge in [0.25, 0.3) is 5.91 Å². The number of hydrogen-bond donors (Lipinski definition) is 0. The summed E-state index contributed by atoms with van der Waals surface area (Å²) in [7, 11) is 1.51. The van der Waals surface area contributed by atoms with E-state index in [1.165, 1.54) is 12.0 Å². The molecule has 0 fully saturated rings. The molecule has 6 heteroatoms. The van der Waals surface area contributed by atoms with Crippen LogP contribution in [-0.4, -0.2) is 30.9 Å². The lowest BCUT2D eigenvalue weighted by Gasteiger charge is -2.34. The number of ether oxygens (including phenoxy) is 2. The first-order valence-corrected chi connectivity index (χ1v) is 8.31. The van der Waals surface area contributed by atoms with Crippen LogP contribution in [0.3, 0.4) is 0 Å². The van der Waals surface area contributed by atoms with E-state index in [-0.39, 0.29) is 18.4 Å². The second-order valence-electron chi connectivity index (χ2n) is 5.76. The summed E-state index contributed by atoms with van der Waals surface area (Å²) >= 11 is 5.89.